The zero-order chi connectivity index (χ0) is 23.2. The molecule has 6 nitrogen and oxygen atoms in total. The fourth-order valence-corrected chi connectivity index (χ4v) is 4.31. The lowest BCUT2D eigenvalue weighted by molar-refractivity contribution is -0.150. The van der Waals surface area contributed by atoms with Crippen LogP contribution in [0.5, 0.6) is 5.75 Å². The van der Waals surface area contributed by atoms with Crippen molar-refractivity contribution in [1.82, 2.24) is 14.8 Å². The van der Waals surface area contributed by atoms with Crippen molar-refractivity contribution in [3.8, 4) is 16.9 Å². The van der Waals surface area contributed by atoms with E-state index in [1.165, 1.54) is 0 Å². The molecule has 0 N–H and O–H groups in total. The Morgan fingerprint density at radius 2 is 1.73 bits per heavy atom. The van der Waals surface area contributed by atoms with E-state index in [1.54, 1.807) is 24.4 Å². The molecule has 0 radical (unpaired) electrons. The van der Waals surface area contributed by atoms with Crippen LogP contribution in [0.25, 0.3) is 11.1 Å². The van der Waals surface area contributed by atoms with Gasteiger partial charge in [-0.3, -0.25) is 14.6 Å². The molecule has 2 aromatic carbocycles. The number of rotatable bonds is 7. The van der Waals surface area contributed by atoms with Gasteiger partial charge < -0.3 is 14.5 Å². The molecule has 1 aliphatic rings. The predicted octanol–water partition coefficient (Wildman–Crippen LogP) is 3.60. The van der Waals surface area contributed by atoms with Gasteiger partial charge in [-0.05, 0) is 53.4 Å². The summed E-state index contributed by atoms with van der Waals surface area (Å²) in [7, 11) is 1.61. The van der Waals surface area contributed by atoms with Gasteiger partial charge in [0.15, 0.2) is 0 Å². The van der Waals surface area contributed by atoms with Gasteiger partial charge in [-0.25, -0.2) is 0 Å². The zero-order valence-corrected chi connectivity index (χ0v) is 19.1. The van der Waals surface area contributed by atoms with Crippen molar-refractivity contribution in [2.45, 2.75) is 25.8 Å². The first-order valence-corrected chi connectivity index (χ1v) is 11.3. The molecular weight excluding hydrogens is 414 g/mol. The molecule has 0 aliphatic carbocycles. The minimum atomic E-state index is -0.497. The lowest BCUT2D eigenvalue weighted by Gasteiger charge is -2.40. The highest BCUT2D eigenvalue weighted by atomic mass is 16.5. The van der Waals surface area contributed by atoms with Crippen molar-refractivity contribution < 1.29 is 14.3 Å². The molecule has 1 saturated heterocycles. The van der Waals surface area contributed by atoms with E-state index in [1.807, 2.05) is 60.4 Å². The summed E-state index contributed by atoms with van der Waals surface area (Å²) in [5, 5.41) is 0. The lowest BCUT2D eigenvalue weighted by atomic mass is 9.98. The quantitative estimate of drug-likeness (QED) is 0.560. The zero-order valence-electron chi connectivity index (χ0n) is 19.1. The Labute approximate surface area is 194 Å². The van der Waals surface area contributed by atoms with Gasteiger partial charge in [0.2, 0.25) is 11.8 Å². The SMILES string of the molecule is CCN1CCN(C(=O)Cc2cccc(OC)c2)C(Cc2ccc(-c3ccncc3)cc2)C1=O. The maximum absolute atomic E-state index is 13.3. The molecule has 0 saturated carbocycles. The summed E-state index contributed by atoms with van der Waals surface area (Å²) in [6.07, 6.45) is 4.29. The first kappa shape index (κ1) is 22.5. The number of pyridine rings is 1. The van der Waals surface area contributed by atoms with E-state index >= 15 is 0 Å². The van der Waals surface area contributed by atoms with Crippen LogP contribution in [0.1, 0.15) is 18.1 Å². The molecule has 1 fully saturated rings. The predicted molar refractivity (Wildman–Crippen MR) is 128 cm³/mol. The summed E-state index contributed by atoms with van der Waals surface area (Å²) in [5.74, 6) is 0.699. The largest absolute Gasteiger partial charge is 0.497 e. The fraction of sp³-hybridized carbons (Fsp3) is 0.296. The highest BCUT2D eigenvalue weighted by Gasteiger charge is 2.36. The number of aromatic nitrogens is 1. The number of methoxy groups -OCH3 is 1. The van der Waals surface area contributed by atoms with Gasteiger partial charge in [-0.2, -0.15) is 0 Å². The standard InChI is InChI=1S/C27H29N3O3/c1-3-29-15-16-30(26(31)19-21-5-4-6-24(17-21)33-2)25(27(29)32)18-20-7-9-22(10-8-20)23-11-13-28-14-12-23/h4-14,17,25H,3,15-16,18-19H2,1-2H3. The molecule has 1 unspecified atom stereocenters. The molecule has 0 bridgehead atoms. The van der Waals surface area contributed by atoms with Crippen molar-refractivity contribution in [3.05, 3.63) is 84.2 Å². The van der Waals surface area contributed by atoms with Crippen molar-refractivity contribution in [1.29, 1.82) is 0 Å². The van der Waals surface area contributed by atoms with Gasteiger partial charge in [0.1, 0.15) is 11.8 Å². The van der Waals surface area contributed by atoms with Gasteiger partial charge in [-0.15, -0.1) is 0 Å². The van der Waals surface area contributed by atoms with Crippen LogP contribution >= 0.6 is 0 Å². The van der Waals surface area contributed by atoms with E-state index < -0.39 is 6.04 Å². The van der Waals surface area contributed by atoms with Crippen molar-refractivity contribution in [2.24, 2.45) is 0 Å². The number of piperazine rings is 1. The normalized spacial score (nSPS) is 16.1. The molecule has 4 rings (SSSR count). The van der Waals surface area contributed by atoms with Crippen molar-refractivity contribution >= 4 is 11.8 Å². The smallest absolute Gasteiger partial charge is 0.245 e. The third-order valence-corrected chi connectivity index (χ3v) is 6.17. The summed E-state index contributed by atoms with van der Waals surface area (Å²) in [6, 6.07) is 19.2. The van der Waals surface area contributed by atoms with E-state index in [0.717, 1.165) is 28.0 Å². The summed E-state index contributed by atoms with van der Waals surface area (Å²) in [5.41, 5.74) is 4.10. The number of carbonyl (C=O) groups is 2. The third-order valence-electron chi connectivity index (χ3n) is 6.17. The molecule has 170 valence electrons. The van der Waals surface area contributed by atoms with Crippen LogP contribution in [-0.4, -0.2) is 59.4 Å². The average molecular weight is 444 g/mol. The number of ether oxygens (including phenoxy) is 1. The Morgan fingerprint density at radius 3 is 2.42 bits per heavy atom. The van der Waals surface area contributed by atoms with Crippen LogP contribution < -0.4 is 4.74 Å². The van der Waals surface area contributed by atoms with Gasteiger partial charge in [0.05, 0.1) is 13.5 Å². The summed E-state index contributed by atoms with van der Waals surface area (Å²) < 4.78 is 5.28. The Balaban J connectivity index is 1.53. The number of amides is 2. The fourth-order valence-electron chi connectivity index (χ4n) is 4.31. The van der Waals surface area contributed by atoms with Crippen molar-refractivity contribution in [3.63, 3.8) is 0 Å². The highest BCUT2D eigenvalue weighted by molar-refractivity contribution is 5.90. The molecule has 2 amide bonds. The lowest BCUT2D eigenvalue weighted by Crippen LogP contribution is -2.59. The maximum Gasteiger partial charge on any atom is 0.245 e. The Kier molecular flexibility index (Phi) is 7.03. The van der Waals surface area contributed by atoms with Crippen LogP contribution in [0.15, 0.2) is 73.1 Å². The molecule has 3 aromatic rings. The third kappa shape index (κ3) is 5.22. The molecule has 6 heteroatoms. The average Bonchev–Trinajstić information content (AvgIpc) is 2.86. The van der Waals surface area contributed by atoms with Gasteiger partial charge in [0, 0.05) is 38.4 Å². The van der Waals surface area contributed by atoms with E-state index in [-0.39, 0.29) is 18.2 Å². The molecular formula is C27H29N3O3. The molecule has 1 aromatic heterocycles. The minimum absolute atomic E-state index is 0.0148. The van der Waals surface area contributed by atoms with Gasteiger partial charge in [-0.1, -0.05) is 36.4 Å². The molecule has 1 atom stereocenters. The number of hydrogen-bond donors (Lipinski definition) is 0. The monoisotopic (exact) mass is 443 g/mol. The number of nitrogens with zero attached hydrogens (tertiary/aromatic N) is 3. The van der Waals surface area contributed by atoms with Crippen molar-refractivity contribution in [2.75, 3.05) is 26.7 Å². The maximum atomic E-state index is 13.3. The second-order valence-electron chi connectivity index (χ2n) is 8.19. The van der Waals surface area contributed by atoms with Crippen LogP contribution in [0.3, 0.4) is 0 Å². The Morgan fingerprint density at radius 1 is 1.00 bits per heavy atom. The van der Waals surface area contributed by atoms with Gasteiger partial charge >= 0.3 is 0 Å². The van der Waals surface area contributed by atoms with E-state index in [4.69, 9.17) is 4.74 Å². The van der Waals surface area contributed by atoms with E-state index in [9.17, 15) is 9.59 Å². The van der Waals surface area contributed by atoms with Crippen LogP contribution in [-0.2, 0) is 22.4 Å². The molecule has 1 aliphatic heterocycles. The van der Waals surface area contributed by atoms with Crippen LogP contribution in [0, 0.1) is 0 Å². The van der Waals surface area contributed by atoms with Crippen LogP contribution in [0.2, 0.25) is 0 Å². The van der Waals surface area contributed by atoms with E-state index in [0.29, 0.717) is 26.1 Å². The summed E-state index contributed by atoms with van der Waals surface area (Å²) in [4.78, 5) is 34.1. The number of benzene rings is 2. The highest BCUT2D eigenvalue weighted by Crippen LogP contribution is 2.22. The second kappa shape index (κ2) is 10.3. The Bertz CT molecular complexity index is 1100. The number of carbonyl (C=O) groups excluding carboxylic acids is 2. The molecule has 33 heavy (non-hydrogen) atoms. The molecule has 0 spiro atoms. The van der Waals surface area contributed by atoms with E-state index in [2.05, 4.69) is 17.1 Å². The minimum Gasteiger partial charge on any atom is -0.497 e. The number of hydrogen-bond acceptors (Lipinski definition) is 4. The van der Waals surface area contributed by atoms with Crippen LogP contribution in [0.4, 0.5) is 0 Å². The number of likely N-dealkylation sites (N-methyl/N-ethyl adjacent to an activating group) is 1. The Hall–Kier alpha value is -3.67. The summed E-state index contributed by atoms with van der Waals surface area (Å²) >= 11 is 0. The second-order valence-corrected chi connectivity index (χ2v) is 8.19. The van der Waals surface area contributed by atoms with Gasteiger partial charge in [0.25, 0.3) is 0 Å². The first-order chi connectivity index (χ1) is 16.1. The summed E-state index contributed by atoms with van der Waals surface area (Å²) in [6.45, 7) is 3.74. The molecule has 2 heterocycles. The first-order valence-electron chi connectivity index (χ1n) is 11.3. The topological polar surface area (TPSA) is 62.7 Å².